The molecule has 0 aliphatic heterocycles. The summed E-state index contributed by atoms with van der Waals surface area (Å²) in [6.07, 6.45) is 1.92. The number of carboxylic acids is 1. The Kier molecular flexibility index (Phi) is 3.93. The van der Waals surface area contributed by atoms with E-state index in [1.165, 1.54) is 0 Å². The maximum atomic E-state index is 11.1. The van der Waals surface area contributed by atoms with Crippen LogP contribution in [0.4, 0.5) is 0 Å². The number of carbonyl (C=O) groups is 1. The lowest BCUT2D eigenvalue weighted by atomic mass is 10.0. The standard InChI is InChI=1S/C12H21N3O2/c1-9(2)15-7-6-10(13-15)8-14(5)12(3,4)11(16)17/h6-7,9H,8H2,1-5H3,(H,16,17). The summed E-state index contributed by atoms with van der Waals surface area (Å²) >= 11 is 0. The third-order valence-corrected chi connectivity index (χ3v) is 3.07. The minimum absolute atomic E-state index is 0.321. The van der Waals surface area contributed by atoms with Crippen molar-refractivity contribution >= 4 is 5.97 Å². The first kappa shape index (κ1) is 13.7. The number of aliphatic carboxylic acids is 1. The van der Waals surface area contributed by atoms with E-state index in [4.69, 9.17) is 5.11 Å². The minimum Gasteiger partial charge on any atom is -0.480 e. The van der Waals surface area contributed by atoms with Crippen LogP contribution in [0.3, 0.4) is 0 Å². The highest BCUT2D eigenvalue weighted by atomic mass is 16.4. The van der Waals surface area contributed by atoms with Crippen molar-refractivity contribution in [3.8, 4) is 0 Å². The van der Waals surface area contributed by atoms with Crippen molar-refractivity contribution in [2.24, 2.45) is 0 Å². The Morgan fingerprint density at radius 3 is 2.59 bits per heavy atom. The third-order valence-electron chi connectivity index (χ3n) is 3.07. The van der Waals surface area contributed by atoms with Gasteiger partial charge in [-0.25, -0.2) is 0 Å². The van der Waals surface area contributed by atoms with Crippen LogP contribution in [0.5, 0.6) is 0 Å². The predicted molar refractivity (Wildman–Crippen MR) is 65.8 cm³/mol. The summed E-state index contributed by atoms with van der Waals surface area (Å²) in [4.78, 5) is 12.9. The van der Waals surface area contributed by atoms with Crippen LogP contribution in [0.2, 0.25) is 0 Å². The number of carboxylic acid groups (broad SMARTS) is 1. The number of aromatic nitrogens is 2. The van der Waals surface area contributed by atoms with Crippen LogP contribution < -0.4 is 0 Å². The van der Waals surface area contributed by atoms with E-state index in [0.29, 0.717) is 12.6 Å². The molecular formula is C12H21N3O2. The Labute approximate surface area is 102 Å². The van der Waals surface area contributed by atoms with Gasteiger partial charge in [-0.3, -0.25) is 14.4 Å². The molecule has 0 radical (unpaired) electrons. The Bertz CT molecular complexity index is 396. The molecule has 1 rings (SSSR count). The van der Waals surface area contributed by atoms with Crippen molar-refractivity contribution in [2.75, 3.05) is 7.05 Å². The van der Waals surface area contributed by atoms with Crippen LogP contribution in [-0.4, -0.2) is 38.3 Å². The molecule has 17 heavy (non-hydrogen) atoms. The smallest absolute Gasteiger partial charge is 0.323 e. The lowest BCUT2D eigenvalue weighted by Crippen LogP contribution is -2.47. The summed E-state index contributed by atoms with van der Waals surface area (Å²) < 4.78 is 1.87. The molecule has 0 aliphatic rings. The fraction of sp³-hybridized carbons (Fsp3) is 0.667. The second-order valence-corrected chi connectivity index (χ2v) is 5.10. The summed E-state index contributed by atoms with van der Waals surface area (Å²) in [5.74, 6) is -0.830. The van der Waals surface area contributed by atoms with E-state index in [2.05, 4.69) is 18.9 Å². The summed E-state index contributed by atoms with van der Waals surface area (Å²) in [5.41, 5.74) is -0.00255. The van der Waals surface area contributed by atoms with E-state index in [1.807, 2.05) is 16.9 Å². The van der Waals surface area contributed by atoms with Crippen molar-refractivity contribution in [2.45, 2.75) is 45.8 Å². The van der Waals surface area contributed by atoms with E-state index >= 15 is 0 Å². The zero-order chi connectivity index (χ0) is 13.2. The predicted octanol–water partition coefficient (Wildman–Crippen LogP) is 1.76. The van der Waals surface area contributed by atoms with Gasteiger partial charge >= 0.3 is 5.97 Å². The van der Waals surface area contributed by atoms with E-state index in [-0.39, 0.29) is 0 Å². The fourth-order valence-electron chi connectivity index (χ4n) is 1.35. The van der Waals surface area contributed by atoms with Gasteiger partial charge in [0.25, 0.3) is 0 Å². The van der Waals surface area contributed by atoms with Gasteiger partial charge in [0.2, 0.25) is 0 Å². The molecule has 0 aromatic carbocycles. The van der Waals surface area contributed by atoms with Crippen LogP contribution in [0.1, 0.15) is 39.4 Å². The van der Waals surface area contributed by atoms with Crippen molar-refractivity contribution in [3.63, 3.8) is 0 Å². The van der Waals surface area contributed by atoms with Crippen LogP contribution in [0.25, 0.3) is 0 Å². The second-order valence-electron chi connectivity index (χ2n) is 5.10. The van der Waals surface area contributed by atoms with Crippen LogP contribution >= 0.6 is 0 Å². The number of nitrogens with zero attached hydrogens (tertiary/aromatic N) is 3. The first-order valence-electron chi connectivity index (χ1n) is 5.74. The average molecular weight is 239 g/mol. The van der Waals surface area contributed by atoms with Crippen LogP contribution in [0, 0.1) is 0 Å². The first-order chi connectivity index (χ1) is 7.75. The molecule has 0 unspecified atom stereocenters. The summed E-state index contributed by atoms with van der Waals surface area (Å²) in [6, 6.07) is 2.25. The van der Waals surface area contributed by atoms with Gasteiger partial charge in [0.1, 0.15) is 5.54 Å². The fourth-order valence-corrected chi connectivity index (χ4v) is 1.35. The second kappa shape index (κ2) is 4.87. The molecule has 0 saturated carbocycles. The summed E-state index contributed by atoms with van der Waals surface area (Å²) in [6.45, 7) is 8.02. The van der Waals surface area contributed by atoms with Crippen molar-refractivity contribution in [1.82, 2.24) is 14.7 Å². The Morgan fingerprint density at radius 1 is 1.59 bits per heavy atom. The molecule has 0 saturated heterocycles. The maximum absolute atomic E-state index is 11.1. The Morgan fingerprint density at radius 2 is 2.18 bits per heavy atom. The zero-order valence-corrected chi connectivity index (χ0v) is 11.1. The van der Waals surface area contributed by atoms with Gasteiger partial charge in [-0.1, -0.05) is 0 Å². The molecule has 0 spiro atoms. The summed E-state index contributed by atoms with van der Waals surface area (Å²) in [5, 5.41) is 13.5. The number of hydrogen-bond donors (Lipinski definition) is 1. The average Bonchev–Trinajstić information content (AvgIpc) is 2.65. The third kappa shape index (κ3) is 3.06. The first-order valence-corrected chi connectivity index (χ1v) is 5.74. The molecule has 0 fully saturated rings. The molecule has 1 aromatic rings. The topological polar surface area (TPSA) is 58.4 Å². The number of rotatable bonds is 5. The van der Waals surface area contributed by atoms with E-state index in [9.17, 15) is 4.79 Å². The normalized spacial score (nSPS) is 12.4. The molecule has 5 nitrogen and oxygen atoms in total. The van der Waals surface area contributed by atoms with Gasteiger partial charge in [0.05, 0.1) is 5.69 Å². The Hall–Kier alpha value is -1.36. The van der Waals surface area contributed by atoms with Gasteiger partial charge in [-0.2, -0.15) is 5.10 Å². The SMILES string of the molecule is CC(C)n1ccc(CN(C)C(C)(C)C(=O)O)n1. The summed E-state index contributed by atoms with van der Waals surface area (Å²) in [7, 11) is 1.79. The molecular weight excluding hydrogens is 218 g/mol. The monoisotopic (exact) mass is 239 g/mol. The quantitative estimate of drug-likeness (QED) is 0.850. The van der Waals surface area contributed by atoms with E-state index in [0.717, 1.165) is 5.69 Å². The van der Waals surface area contributed by atoms with Crippen LogP contribution in [-0.2, 0) is 11.3 Å². The number of hydrogen-bond acceptors (Lipinski definition) is 3. The molecule has 1 heterocycles. The highest BCUT2D eigenvalue weighted by Gasteiger charge is 2.32. The van der Waals surface area contributed by atoms with E-state index in [1.54, 1.807) is 25.8 Å². The highest BCUT2D eigenvalue weighted by molar-refractivity contribution is 5.77. The van der Waals surface area contributed by atoms with Gasteiger partial charge in [-0.15, -0.1) is 0 Å². The Balaban J connectivity index is 2.74. The highest BCUT2D eigenvalue weighted by Crippen LogP contribution is 2.15. The molecule has 1 aromatic heterocycles. The van der Waals surface area contributed by atoms with E-state index < -0.39 is 11.5 Å². The number of likely N-dealkylation sites (N-methyl/N-ethyl adjacent to an activating group) is 1. The van der Waals surface area contributed by atoms with Crippen molar-refractivity contribution in [1.29, 1.82) is 0 Å². The van der Waals surface area contributed by atoms with Gasteiger partial charge < -0.3 is 5.11 Å². The molecule has 0 bridgehead atoms. The molecule has 0 aliphatic carbocycles. The van der Waals surface area contributed by atoms with Gasteiger partial charge in [-0.05, 0) is 40.8 Å². The van der Waals surface area contributed by atoms with Crippen molar-refractivity contribution in [3.05, 3.63) is 18.0 Å². The van der Waals surface area contributed by atoms with Gasteiger partial charge in [0, 0.05) is 18.8 Å². The molecule has 0 atom stereocenters. The lowest BCUT2D eigenvalue weighted by Gasteiger charge is -2.30. The zero-order valence-electron chi connectivity index (χ0n) is 11.1. The molecule has 96 valence electrons. The van der Waals surface area contributed by atoms with Gasteiger partial charge in [0.15, 0.2) is 0 Å². The largest absolute Gasteiger partial charge is 0.480 e. The van der Waals surface area contributed by atoms with Crippen molar-refractivity contribution < 1.29 is 9.90 Å². The lowest BCUT2D eigenvalue weighted by molar-refractivity contribution is -0.148. The molecule has 0 amide bonds. The molecule has 1 N–H and O–H groups in total. The molecule has 5 heteroatoms. The minimum atomic E-state index is -0.887. The maximum Gasteiger partial charge on any atom is 0.323 e. The van der Waals surface area contributed by atoms with Crippen LogP contribution in [0.15, 0.2) is 12.3 Å².